The minimum absolute atomic E-state index is 0. The van der Waals surface area contributed by atoms with Gasteiger partial charge < -0.3 is 20.7 Å². The number of rotatable bonds is 7. The van der Waals surface area contributed by atoms with Crippen LogP contribution in [-0.4, -0.2) is 54.0 Å². The Morgan fingerprint density at radius 1 is 1.13 bits per heavy atom. The van der Waals surface area contributed by atoms with E-state index in [1.807, 2.05) is 18.2 Å². The van der Waals surface area contributed by atoms with Gasteiger partial charge >= 0.3 is 0 Å². The van der Waals surface area contributed by atoms with E-state index in [9.17, 15) is 9.59 Å². The molecule has 8 heteroatoms. The minimum atomic E-state index is -0.445. The van der Waals surface area contributed by atoms with Gasteiger partial charge in [-0.2, -0.15) is 0 Å². The highest BCUT2D eigenvalue weighted by Crippen LogP contribution is 2.20. The number of benzene rings is 2. The molecule has 0 aliphatic heterocycles. The van der Waals surface area contributed by atoms with Crippen LogP contribution in [0.25, 0.3) is 11.3 Å². The molecule has 8 nitrogen and oxygen atoms in total. The van der Waals surface area contributed by atoms with Gasteiger partial charge in [0.1, 0.15) is 0 Å². The van der Waals surface area contributed by atoms with Crippen molar-refractivity contribution in [3.8, 4) is 11.3 Å². The molecule has 3 rings (SSSR count). The summed E-state index contributed by atoms with van der Waals surface area (Å²) in [4.78, 5) is 35.1. The Morgan fingerprint density at radius 3 is 2.50 bits per heavy atom. The highest BCUT2D eigenvalue weighted by atomic mass is 16.5. The van der Waals surface area contributed by atoms with Crippen LogP contribution in [0.2, 0.25) is 0 Å². The van der Waals surface area contributed by atoms with Crippen LogP contribution in [0.15, 0.2) is 60.8 Å². The van der Waals surface area contributed by atoms with Gasteiger partial charge in [0.15, 0.2) is 11.5 Å². The van der Waals surface area contributed by atoms with Crippen LogP contribution in [0.4, 0.5) is 11.5 Å². The molecule has 30 heavy (non-hydrogen) atoms. The molecule has 1 heterocycles. The van der Waals surface area contributed by atoms with Crippen molar-refractivity contribution in [3.63, 3.8) is 0 Å². The Labute approximate surface area is 179 Å². The van der Waals surface area contributed by atoms with E-state index in [1.54, 1.807) is 55.5 Å². The number of ether oxygens (including phenoxy) is 1. The van der Waals surface area contributed by atoms with E-state index < -0.39 is 5.91 Å². The number of hydrogen-bond acceptors (Lipinski definition) is 6. The molecule has 0 fully saturated rings. The third-order valence-corrected chi connectivity index (χ3v) is 4.45. The quantitative estimate of drug-likeness (QED) is 0.616. The molecule has 0 spiro atoms. The average molecular weight is 412 g/mol. The van der Waals surface area contributed by atoms with Gasteiger partial charge in [-0.15, -0.1) is 0 Å². The maximum Gasteiger partial charge on any atom is 0.278 e. The number of nitrogens with two attached hydrogens (primary N) is 1. The number of amides is 2. The summed E-state index contributed by atoms with van der Waals surface area (Å²) in [7, 11) is 3.31. The Balaban J connectivity index is 0.00000341. The summed E-state index contributed by atoms with van der Waals surface area (Å²) in [6, 6.07) is 16.0. The number of carbonyl (C=O) groups excluding carboxylic acids is 2. The second-order valence-electron chi connectivity index (χ2n) is 6.61. The standard InChI is InChI=1S/C22H23N5O3.3H2/c1-27(12-13-30-2)22(29)16-10-8-15(9-11-16)18-14-24-20(23)19(26-18)21(28)25-17-6-4-3-5-7-17;;;/h3-11,14H,12-13H2,1-2H3,(H2,23,24)(H,25,28);3*1H. The lowest BCUT2D eigenvalue weighted by atomic mass is 10.1. The van der Waals surface area contributed by atoms with Gasteiger partial charge in [-0.3, -0.25) is 9.59 Å². The molecule has 0 atom stereocenters. The molecule has 0 bridgehead atoms. The molecule has 2 aromatic carbocycles. The fourth-order valence-electron chi connectivity index (χ4n) is 2.75. The highest BCUT2D eigenvalue weighted by Gasteiger charge is 2.16. The van der Waals surface area contributed by atoms with Crippen molar-refractivity contribution in [1.29, 1.82) is 0 Å². The van der Waals surface area contributed by atoms with Crippen molar-refractivity contribution in [2.45, 2.75) is 0 Å². The minimum Gasteiger partial charge on any atom is -0.383 e. The lowest BCUT2D eigenvalue weighted by Crippen LogP contribution is -2.29. The van der Waals surface area contributed by atoms with Crippen LogP contribution in [0, 0.1) is 0 Å². The fourth-order valence-corrected chi connectivity index (χ4v) is 2.75. The largest absolute Gasteiger partial charge is 0.383 e. The summed E-state index contributed by atoms with van der Waals surface area (Å²) in [6.45, 7) is 0.968. The summed E-state index contributed by atoms with van der Waals surface area (Å²) in [6.07, 6.45) is 1.50. The number of methoxy groups -OCH3 is 1. The van der Waals surface area contributed by atoms with Crippen LogP contribution in [0.5, 0.6) is 0 Å². The monoisotopic (exact) mass is 411 g/mol. The molecule has 0 aliphatic rings. The van der Waals surface area contributed by atoms with Gasteiger partial charge in [-0.05, 0) is 24.3 Å². The lowest BCUT2D eigenvalue weighted by Gasteiger charge is -2.16. The summed E-state index contributed by atoms with van der Waals surface area (Å²) in [5.41, 5.74) is 8.28. The zero-order valence-corrected chi connectivity index (χ0v) is 16.8. The second-order valence-corrected chi connectivity index (χ2v) is 6.61. The molecule has 0 radical (unpaired) electrons. The molecule has 0 saturated carbocycles. The maximum absolute atomic E-state index is 12.6. The third kappa shape index (κ3) is 4.98. The van der Waals surface area contributed by atoms with Crippen LogP contribution < -0.4 is 11.1 Å². The predicted molar refractivity (Wildman–Crippen MR) is 121 cm³/mol. The summed E-state index contributed by atoms with van der Waals surface area (Å²) < 4.78 is 5.00. The number of hydrogen-bond donors (Lipinski definition) is 2. The molecular formula is C22H29N5O3. The molecule has 0 unspecified atom stereocenters. The highest BCUT2D eigenvalue weighted by molar-refractivity contribution is 6.06. The van der Waals surface area contributed by atoms with Gasteiger partial charge in [0, 0.05) is 41.8 Å². The first-order valence-electron chi connectivity index (χ1n) is 9.33. The summed E-state index contributed by atoms with van der Waals surface area (Å²) >= 11 is 0. The van der Waals surface area contributed by atoms with E-state index in [0.29, 0.717) is 35.7 Å². The number of likely N-dealkylation sites (N-methyl/N-ethyl adjacent to an activating group) is 1. The molecular weight excluding hydrogens is 382 g/mol. The van der Waals surface area contributed by atoms with Gasteiger partial charge in [0.25, 0.3) is 11.8 Å². The Kier molecular flexibility index (Phi) is 6.71. The zero-order valence-electron chi connectivity index (χ0n) is 16.8. The Morgan fingerprint density at radius 2 is 1.83 bits per heavy atom. The van der Waals surface area contributed by atoms with E-state index in [-0.39, 0.29) is 21.7 Å². The molecule has 2 amide bonds. The van der Waals surface area contributed by atoms with Gasteiger partial charge in [-0.1, -0.05) is 30.3 Å². The fraction of sp³-hybridized carbons (Fsp3) is 0.182. The Bertz CT molecular complexity index is 1040. The first-order valence-corrected chi connectivity index (χ1v) is 9.33. The van der Waals surface area contributed by atoms with Gasteiger partial charge in [0.2, 0.25) is 0 Å². The first kappa shape index (κ1) is 20.9. The van der Waals surface area contributed by atoms with Gasteiger partial charge in [0.05, 0.1) is 18.5 Å². The van der Waals surface area contributed by atoms with E-state index in [2.05, 4.69) is 15.3 Å². The number of carbonyl (C=O) groups is 2. The molecule has 3 N–H and O–H groups in total. The second kappa shape index (κ2) is 9.62. The molecule has 1 aromatic heterocycles. The van der Waals surface area contributed by atoms with Crippen LogP contribution >= 0.6 is 0 Å². The van der Waals surface area contributed by atoms with E-state index in [4.69, 9.17) is 10.5 Å². The first-order chi connectivity index (χ1) is 14.5. The van der Waals surface area contributed by atoms with Gasteiger partial charge in [-0.25, -0.2) is 9.97 Å². The predicted octanol–water partition coefficient (Wildman–Crippen LogP) is 3.43. The van der Waals surface area contributed by atoms with Crippen molar-refractivity contribution < 1.29 is 18.6 Å². The van der Waals surface area contributed by atoms with Crippen molar-refractivity contribution in [1.82, 2.24) is 14.9 Å². The van der Waals surface area contributed by atoms with Crippen LogP contribution in [-0.2, 0) is 4.74 Å². The van der Waals surface area contributed by atoms with E-state index in [0.717, 1.165) is 0 Å². The topological polar surface area (TPSA) is 110 Å². The normalized spacial score (nSPS) is 10.5. The number of nitrogens with one attached hydrogen (secondary N) is 1. The van der Waals surface area contributed by atoms with Crippen molar-refractivity contribution in [2.75, 3.05) is 38.4 Å². The Hall–Kier alpha value is -3.78. The lowest BCUT2D eigenvalue weighted by molar-refractivity contribution is 0.0744. The number of aromatic nitrogens is 2. The summed E-state index contributed by atoms with van der Waals surface area (Å²) in [5.74, 6) is -0.511. The number of para-hydroxylation sites is 1. The van der Waals surface area contributed by atoms with Crippen molar-refractivity contribution >= 4 is 23.3 Å². The number of nitrogens with zero attached hydrogens (tertiary/aromatic N) is 3. The molecule has 0 aliphatic carbocycles. The molecule has 3 aromatic rings. The molecule has 0 saturated heterocycles. The smallest absolute Gasteiger partial charge is 0.278 e. The van der Waals surface area contributed by atoms with Crippen LogP contribution in [0.1, 0.15) is 25.1 Å². The SMILES string of the molecule is COCCN(C)C(=O)c1ccc(-c2cnc(N)c(C(=O)Nc3ccccc3)n2)cc1.[HH].[HH].[HH]. The number of nitrogen functional groups attached to an aromatic ring is 1. The summed E-state index contributed by atoms with van der Waals surface area (Å²) in [5, 5.41) is 2.75. The number of anilines is 2. The van der Waals surface area contributed by atoms with E-state index in [1.165, 1.54) is 6.20 Å². The van der Waals surface area contributed by atoms with Crippen molar-refractivity contribution in [2.24, 2.45) is 0 Å². The van der Waals surface area contributed by atoms with E-state index >= 15 is 0 Å². The average Bonchev–Trinajstić information content (AvgIpc) is 2.78. The van der Waals surface area contributed by atoms with Crippen molar-refractivity contribution in [3.05, 3.63) is 72.1 Å². The van der Waals surface area contributed by atoms with Crippen LogP contribution in [0.3, 0.4) is 0 Å². The third-order valence-electron chi connectivity index (χ3n) is 4.45. The maximum atomic E-state index is 12.6. The zero-order chi connectivity index (χ0) is 21.5. The molecule has 160 valence electrons.